The average Bonchev–Trinajstić information content (AvgIpc) is 2.59. The minimum atomic E-state index is -4.29. The standard InChI is InChI=1S/C19H27F3N2O/c1-2-3-4-5-6-18(25)24-13-11-23(12-14-24)15-16-7-9-17(10-8-16)19(20,21)22/h7-10H,2-6,11-15H2,1H3. The van der Waals surface area contributed by atoms with Crippen LogP contribution in [-0.4, -0.2) is 41.9 Å². The maximum Gasteiger partial charge on any atom is 0.416 e. The first-order valence-corrected chi connectivity index (χ1v) is 9.06. The van der Waals surface area contributed by atoms with Crippen LogP contribution in [0.4, 0.5) is 13.2 Å². The van der Waals surface area contributed by atoms with Crippen molar-refractivity contribution in [1.29, 1.82) is 0 Å². The number of piperazine rings is 1. The number of benzene rings is 1. The normalized spacial score (nSPS) is 16.2. The highest BCUT2D eigenvalue weighted by atomic mass is 19.4. The van der Waals surface area contributed by atoms with Crippen LogP contribution >= 0.6 is 0 Å². The molecule has 1 amide bonds. The van der Waals surface area contributed by atoms with Crippen molar-refractivity contribution in [3.8, 4) is 0 Å². The van der Waals surface area contributed by atoms with Crippen LogP contribution in [0.15, 0.2) is 24.3 Å². The zero-order valence-electron chi connectivity index (χ0n) is 14.8. The van der Waals surface area contributed by atoms with Crippen LogP contribution in [0.5, 0.6) is 0 Å². The molecular weight excluding hydrogens is 329 g/mol. The predicted octanol–water partition coefficient (Wildman–Crippen LogP) is 4.32. The average molecular weight is 356 g/mol. The van der Waals surface area contributed by atoms with E-state index >= 15 is 0 Å². The summed E-state index contributed by atoms with van der Waals surface area (Å²) in [5.74, 6) is 0.227. The highest BCUT2D eigenvalue weighted by Gasteiger charge is 2.30. The molecule has 6 heteroatoms. The van der Waals surface area contributed by atoms with Crippen LogP contribution < -0.4 is 0 Å². The summed E-state index contributed by atoms with van der Waals surface area (Å²) in [6.07, 6.45) is 0.736. The molecule has 1 fully saturated rings. The van der Waals surface area contributed by atoms with Gasteiger partial charge in [0.25, 0.3) is 0 Å². The fraction of sp³-hybridized carbons (Fsp3) is 0.632. The van der Waals surface area contributed by atoms with Crippen LogP contribution in [0.2, 0.25) is 0 Å². The van der Waals surface area contributed by atoms with E-state index in [9.17, 15) is 18.0 Å². The minimum Gasteiger partial charge on any atom is -0.340 e. The highest BCUT2D eigenvalue weighted by Crippen LogP contribution is 2.29. The molecule has 0 aromatic heterocycles. The van der Waals surface area contributed by atoms with Gasteiger partial charge in [0.15, 0.2) is 0 Å². The molecule has 2 rings (SSSR count). The maximum atomic E-state index is 12.6. The molecule has 0 bridgehead atoms. The first-order valence-electron chi connectivity index (χ1n) is 9.06. The Balaban J connectivity index is 1.74. The zero-order chi connectivity index (χ0) is 18.3. The Morgan fingerprint density at radius 3 is 2.20 bits per heavy atom. The first-order chi connectivity index (χ1) is 11.9. The van der Waals surface area contributed by atoms with Crippen molar-refractivity contribution >= 4 is 5.91 Å². The van der Waals surface area contributed by atoms with Crippen LogP contribution in [0.25, 0.3) is 0 Å². The molecule has 0 N–H and O–H groups in total. The van der Waals surface area contributed by atoms with E-state index in [1.165, 1.54) is 18.6 Å². The molecule has 0 aliphatic carbocycles. The molecule has 0 radical (unpaired) electrons. The lowest BCUT2D eigenvalue weighted by Crippen LogP contribution is -2.48. The summed E-state index contributed by atoms with van der Waals surface area (Å²) in [6, 6.07) is 5.33. The van der Waals surface area contributed by atoms with E-state index in [0.717, 1.165) is 50.0 Å². The van der Waals surface area contributed by atoms with Crippen LogP contribution in [0, 0.1) is 0 Å². The monoisotopic (exact) mass is 356 g/mol. The van der Waals surface area contributed by atoms with Gasteiger partial charge in [-0.1, -0.05) is 38.3 Å². The van der Waals surface area contributed by atoms with E-state index in [1.54, 1.807) is 0 Å². The van der Waals surface area contributed by atoms with E-state index in [1.807, 2.05) is 4.90 Å². The van der Waals surface area contributed by atoms with Gasteiger partial charge >= 0.3 is 6.18 Å². The molecule has 0 saturated carbocycles. The summed E-state index contributed by atoms with van der Waals surface area (Å²) >= 11 is 0. The summed E-state index contributed by atoms with van der Waals surface area (Å²) in [7, 11) is 0. The fourth-order valence-electron chi connectivity index (χ4n) is 3.07. The Hall–Kier alpha value is -1.56. The lowest BCUT2D eigenvalue weighted by molar-refractivity contribution is -0.137. The number of hydrogen-bond acceptors (Lipinski definition) is 2. The smallest absolute Gasteiger partial charge is 0.340 e. The van der Waals surface area contributed by atoms with Gasteiger partial charge in [0.1, 0.15) is 0 Å². The predicted molar refractivity (Wildman–Crippen MR) is 92.1 cm³/mol. The molecule has 1 aliphatic heterocycles. The molecule has 0 atom stereocenters. The summed E-state index contributed by atoms with van der Waals surface area (Å²) < 4.78 is 37.7. The second-order valence-corrected chi connectivity index (χ2v) is 6.66. The van der Waals surface area contributed by atoms with Crippen molar-refractivity contribution in [2.75, 3.05) is 26.2 Å². The number of unbranched alkanes of at least 4 members (excludes halogenated alkanes) is 3. The molecule has 0 spiro atoms. The van der Waals surface area contributed by atoms with Gasteiger partial charge in [-0.2, -0.15) is 13.2 Å². The summed E-state index contributed by atoms with van der Waals surface area (Å²) in [5.41, 5.74) is 0.252. The number of amides is 1. The Morgan fingerprint density at radius 2 is 1.64 bits per heavy atom. The van der Waals surface area contributed by atoms with Gasteiger partial charge in [-0.05, 0) is 24.1 Å². The van der Waals surface area contributed by atoms with Crippen LogP contribution in [0.3, 0.4) is 0 Å². The van der Waals surface area contributed by atoms with Crippen molar-refractivity contribution in [3.63, 3.8) is 0 Å². The van der Waals surface area contributed by atoms with Gasteiger partial charge < -0.3 is 4.90 Å². The number of carbonyl (C=O) groups excluding carboxylic acids is 1. The van der Waals surface area contributed by atoms with Crippen molar-refractivity contribution in [3.05, 3.63) is 35.4 Å². The second kappa shape index (κ2) is 9.22. The summed E-state index contributed by atoms with van der Waals surface area (Å²) in [4.78, 5) is 16.3. The van der Waals surface area contributed by atoms with E-state index in [4.69, 9.17) is 0 Å². The topological polar surface area (TPSA) is 23.6 Å². The second-order valence-electron chi connectivity index (χ2n) is 6.66. The van der Waals surface area contributed by atoms with Gasteiger partial charge in [-0.15, -0.1) is 0 Å². The number of hydrogen-bond donors (Lipinski definition) is 0. The van der Waals surface area contributed by atoms with Crippen molar-refractivity contribution in [1.82, 2.24) is 9.80 Å². The SMILES string of the molecule is CCCCCCC(=O)N1CCN(Cc2ccc(C(F)(F)F)cc2)CC1. The lowest BCUT2D eigenvalue weighted by Gasteiger charge is -2.35. The van der Waals surface area contributed by atoms with Crippen LogP contribution in [-0.2, 0) is 17.5 Å². The van der Waals surface area contributed by atoms with Gasteiger partial charge in [0.05, 0.1) is 5.56 Å². The third-order valence-corrected chi connectivity index (χ3v) is 4.66. The van der Waals surface area contributed by atoms with Gasteiger partial charge in [0, 0.05) is 39.1 Å². The Kier molecular flexibility index (Phi) is 7.29. The third kappa shape index (κ3) is 6.34. The van der Waals surface area contributed by atoms with Crippen molar-refractivity contribution in [2.24, 2.45) is 0 Å². The number of nitrogens with zero attached hydrogens (tertiary/aromatic N) is 2. The van der Waals surface area contributed by atoms with E-state index in [-0.39, 0.29) is 5.91 Å². The largest absolute Gasteiger partial charge is 0.416 e. The Bertz CT molecular complexity index is 535. The molecule has 1 saturated heterocycles. The quantitative estimate of drug-likeness (QED) is 0.679. The molecular formula is C19H27F3N2O. The number of rotatable bonds is 7. The molecule has 25 heavy (non-hydrogen) atoms. The molecule has 0 unspecified atom stereocenters. The fourth-order valence-corrected chi connectivity index (χ4v) is 3.07. The molecule has 1 heterocycles. The zero-order valence-corrected chi connectivity index (χ0v) is 14.8. The third-order valence-electron chi connectivity index (χ3n) is 4.66. The van der Waals surface area contributed by atoms with Gasteiger partial charge in [-0.3, -0.25) is 9.69 Å². The molecule has 1 aromatic rings. The van der Waals surface area contributed by atoms with E-state index < -0.39 is 11.7 Å². The first kappa shape index (κ1) is 19.8. The highest BCUT2D eigenvalue weighted by molar-refractivity contribution is 5.76. The van der Waals surface area contributed by atoms with Gasteiger partial charge in [-0.25, -0.2) is 0 Å². The Morgan fingerprint density at radius 1 is 1.00 bits per heavy atom. The van der Waals surface area contributed by atoms with E-state index in [0.29, 0.717) is 26.1 Å². The molecule has 1 aliphatic rings. The van der Waals surface area contributed by atoms with Gasteiger partial charge in [0.2, 0.25) is 5.91 Å². The number of carbonyl (C=O) groups is 1. The summed E-state index contributed by atoms with van der Waals surface area (Å²) in [5, 5.41) is 0. The van der Waals surface area contributed by atoms with Crippen LogP contribution in [0.1, 0.15) is 50.2 Å². The summed E-state index contributed by atoms with van der Waals surface area (Å²) in [6.45, 7) is 5.71. The molecule has 140 valence electrons. The minimum absolute atomic E-state index is 0.227. The van der Waals surface area contributed by atoms with Crippen molar-refractivity contribution in [2.45, 2.75) is 51.7 Å². The lowest BCUT2D eigenvalue weighted by atomic mass is 10.1. The molecule has 1 aromatic carbocycles. The van der Waals surface area contributed by atoms with E-state index in [2.05, 4.69) is 11.8 Å². The molecule has 3 nitrogen and oxygen atoms in total. The number of halogens is 3. The number of alkyl halides is 3. The Labute approximate surface area is 147 Å². The van der Waals surface area contributed by atoms with Crippen molar-refractivity contribution < 1.29 is 18.0 Å². The maximum absolute atomic E-state index is 12.6.